The van der Waals surface area contributed by atoms with Crippen LogP contribution in [-0.2, 0) is 15.4 Å². The predicted molar refractivity (Wildman–Crippen MR) is 76.5 cm³/mol. The van der Waals surface area contributed by atoms with Gasteiger partial charge in [0.25, 0.3) is 0 Å². The number of alkyl halides is 3. The third kappa shape index (κ3) is 4.71. The van der Waals surface area contributed by atoms with Crippen LogP contribution in [-0.4, -0.2) is 20.5 Å². The molecule has 0 fully saturated rings. The van der Waals surface area contributed by atoms with Gasteiger partial charge in [0, 0.05) is 6.54 Å². The Kier molecular flexibility index (Phi) is 5.10. The SMILES string of the molecule is CC(CNS(=O)(=O)C(F)(F)F)c1ccc(C(C)(C)C)cc1. The van der Waals surface area contributed by atoms with E-state index in [-0.39, 0.29) is 17.9 Å². The van der Waals surface area contributed by atoms with Gasteiger partial charge in [-0.05, 0) is 22.5 Å². The van der Waals surface area contributed by atoms with Crippen LogP contribution in [0.3, 0.4) is 0 Å². The van der Waals surface area contributed by atoms with Crippen LogP contribution in [0.5, 0.6) is 0 Å². The normalized spacial score (nSPS) is 15.0. The third-order valence-corrected chi connectivity index (χ3v) is 4.39. The largest absolute Gasteiger partial charge is 0.511 e. The van der Waals surface area contributed by atoms with Crippen molar-refractivity contribution >= 4 is 10.0 Å². The van der Waals surface area contributed by atoms with Crippen molar-refractivity contribution in [3.8, 4) is 0 Å². The van der Waals surface area contributed by atoms with Crippen molar-refractivity contribution in [3.63, 3.8) is 0 Å². The highest BCUT2D eigenvalue weighted by molar-refractivity contribution is 7.90. The molecule has 0 aliphatic heterocycles. The van der Waals surface area contributed by atoms with Gasteiger partial charge in [-0.1, -0.05) is 52.0 Å². The van der Waals surface area contributed by atoms with E-state index in [4.69, 9.17) is 0 Å². The van der Waals surface area contributed by atoms with Crippen molar-refractivity contribution in [3.05, 3.63) is 35.4 Å². The molecule has 0 aliphatic carbocycles. The van der Waals surface area contributed by atoms with Gasteiger partial charge in [-0.3, -0.25) is 0 Å². The molecule has 1 unspecified atom stereocenters. The lowest BCUT2D eigenvalue weighted by Gasteiger charge is -2.20. The summed E-state index contributed by atoms with van der Waals surface area (Å²) >= 11 is 0. The van der Waals surface area contributed by atoms with Crippen LogP contribution in [0.15, 0.2) is 24.3 Å². The molecule has 0 spiro atoms. The van der Waals surface area contributed by atoms with Crippen LogP contribution in [0.1, 0.15) is 44.7 Å². The van der Waals surface area contributed by atoms with Gasteiger partial charge in [0.05, 0.1) is 0 Å². The van der Waals surface area contributed by atoms with Crippen molar-refractivity contribution in [2.45, 2.75) is 44.5 Å². The molecule has 0 heterocycles. The fraction of sp³-hybridized carbons (Fsp3) is 0.571. The van der Waals surface area contributed by atoms with E-state index in [9.17, 15) is 21.6 Å². The first kappa shape index (κ1) is 18.0. The molecular formula is C14H20F3NO2S. The molecule has 1 aromatic carbocycles. The lowest BCUT2D eigenvalue weighted by molar-refractivity contribution is -0.0447. The average molecular weight is 323 g/mol. The van der Waals surface area contributed by atoms with E-state index in [2.05, 4.69) is 20.8 Å². The van der Waals surface area contributed by atoms with Gasteiger partial charge in [0.15, 0.2) is 0 Å². The molecule has 0 amide bonds. The van der Waals surface area contributed by atoms with Crippen molar-refractivity contribution < 1.29 is 21.6 Å². The molecule has 1 rings (SSSR count). The average Bonchev–Trinajstić information content (AvgIpc) is 2.34. The summed E-state index contributed by atoms with van der Waals surface area (Å²) in [5.41, 5.74) is -3.40. The number of hydrogen-bond acceptors (Lipinski definition) is 2. The maximum Gasteiger partial charge on any atom is 0.511 e. The highest BCUT2D eigenvalue weighted by atomic mass is 32.2. The molecule has 1 atom stereocenters. The molecule has 0 aliphatic rings. The smallest absolute Gasteiger partial charge is 0.207 e. The quantitative estimate of drug-likeness (QED) is 0.921. The van der Waals surface area contributed by atoms with E-state index in [1.54, 1.807) is 11.6 Å². The third-order valence-electron chi connectivity index (χ3n) is 3.23. The summed E-state index contributed by atoms with van der Waals surface area (Å²) in [6.45, 7) is 7.55. The van der Waals surface area contributed by atoms with Crippen molar-refractivity contribution in [2.24, 2.45) is 0 Å². The number of halogens is 3. The molecule has 1 aromatic rings. The van der Waals surface area contributed by atoms with E-state index in [0.29, 0.717) is 0 Å². The Morgan fingerprint density at radius 3 is 1.95 bits per heavy atom. The number of nitrogens with one attached hydrogen (secondary N) is 1. The zero-order valence-electron chi connectivity index (χ0n) is 12.5. The predicted octanol–water partition coefficient (Wildman–Crippen LogP) is 3.53. The van der Waals surface area contributed by atoms with Crippen LogP contribution in [0.4, 0.5) is 13.2 Å². The Labute approximate surface area is 123 Å². The van der Waals surface area contributed by atoms with E-state index >= 15 is 0 Å². The summed E-state index contributed by atoms with van der Waals surface area (Å²) in [6.07, 6.45) is 0. The number of hydrogen-bond donors (Lipinski definition) is 1. The molecular weight excluding hydrogens is 303 g/mol. The van der Waals surface area contributed by atoms with Gasteiger partial charge < -0.3 is 0 Å². The minimum atomic E-state index is -5.28. The summed E-state index contributed by atoms with van der Waals surface area (Å²) in [5.74, 6) is -0.351. The molecule has 21 heavy (non-hydrogen) atoms. The Morgan fingerprint density at radius 2 is 1.57 bits per heavy atom. The van der Waals surface area contributed by atoms with E-state index in [0.717, 1.165) is 11.1 Å². The van der Waals surface area contributed by atoms with Crippen LogP contribution in [0, 0.1) is 0 Å². The highest BCUT2D eigenvalue weighted by Gasteiger charge is 2.45. The molecule has 0 saturated heterocycles. The monoisotopic (exact) mass is 323 g/mol. The summed E-state index contributed by atoms with van der Waals surface area (Å²) in [6, 6.07) is 7.44. The second-order valence-electron chi connectivity index (χ2n) is 6.07. The minimum absolute atomic E-state index is 0.0142. The van der Waals surface area contributed by atoms with Gasteiger partial charge >= 0.3 is 15.5 Å². The summed E-state index contributed by atoms with van der Waals surface area (Å²) in [4.78, 5) is 0. The van der Waals surface area contributed by atoms with Crippen LogP contribution in [0.25, 0.3) is 0 Å². The van der Waals surface area contributed by atoms with E-state index < -0.39 is 15.5 Å². The van der Waals surface area contributed by atoms with E-state index in [1.165, 1.54) is 0 Å². The van der Waals surface area contributed by atoms with Crippen LogP contribution < -0.4 is 4.72 Å². The Hall–Kier alpha value is -1.08. The van der Waals surface area contributed by atoms with Gasteiger partial charge in [0.2, 0.25) is 0 Å². The minimum Gasteiger partial charge on any atom is -0.207 e. The van der Waals surface area contributed by atoms with Crippen LogP contribution >= 0.6 is 0 Å². The van der Waals surface area contributed by atoms with Crippen molar-refractivity contribution in [1.82, 2.24) is 4.72 Å². The lowest BCUT2D eigenvalue weighted by Crippen LogP contribution is -2.38. The van der Waals surface area contributed by atoms with Gasteiger partial charge in [-0.2, -0.15) is 13.2 Å². The standard InChI is InChI=1S/C14H20F3NO2S/c1-10(9-18-21(19,20)14(15,16)17)11-5-7-12(8-6-11)13(2,3)4/h5-8,10,18H,9H2,1-4H3. The topological polar surface area (TPSA) is 46.2 Å². The van der Waals surface area contributed by atoms with Gasteiger partial charge in [-0.25, -0.2) is 13.1 Å². The molecule has 1 N–H and O–H groups in total. The Bertz CT molecular complexity index is 572. The number of benzene rings is 1. The summed E-state index contributed by atoms with van der Waals surface area (Å²) < 4.78 is 60.1. The molecule has 120 valence electrons. The maximum atomic E-state index is 12.2. The summed E-state index contributed by atoms with van der Waals surface area (Å²) in [5, 5.41) is 0. The molecule has 0 bridgehead atoms. The molecule has 0 saturated carbocycles. The van der Waals surface area contributed by atoms with Crippen molar-refractivity contribution in [2.75, 3.05) is 6.54 Å². The lowest BCUT2D eigenvalue weighted by atomic mass is 9.86. The maximum absolute atomic E-state index is 12.2. The first-order valence-electron chi connectivity index (χ1n) is 6.51. The highest BCUT2D eigenvalue weighted by Crippen LogP contribution is 2.25. The molecule has 0 aromatic heterocycles. The molecule has 0 radical (unpaired) electrons. The first-order chi connectivity index (χ1) is 9.34. The zero-order valence-corrected chi connectivity index (χ0v) is 13.3. The second-order valence-corrected chi connectivity index (χ2v) is 7.83. The van der Waals surface area contributed by atoms with Crippen LogP contribution in [0.2, 0.25) is 0 Å². The fourth-order valence-electron chi connectivity index (χ4n) is 1.75. The van der Waals surface area contributed by atoms with Gasteiger partial charge in [-0.15, -0.1) is 0 Å². The molecule has 7 heteroatoms. The number of rotatable bonds is 4. The number of sulfonamides is 1. The second kappa shape index (κ2) is 5.96. The summed E-state index contributed by atoms with van der Waals surface area (Å²) in [7, 11) is -5.28. The van der Waals surface area contributed by atoms with E-state index in [1.807, 2.05) is 24.3 Å². The van der Waals surface area contributed by atoms with Gasteiger partial charge in [0.1, 0.15) is 0 Å². The first-order valence-corrected chi connectivity index (χ1v) is 7.99. The Balaban J connectivity index is 2.76. The zero-order chi connectivity index (χ0) is 16.5. The molecule has 3 nitrogen and oxygen atoms in total. The Morgan fingerprint density at radius 1 is 1.10 bits per heavy atom. The fourth-order valence-corrected chi connectivity index (χ4v) is 2.38. The van der Waals surface area contributed by atoms with Crippen molar-refractivity contribution in [1.29, 1.82) is 0 Å².